The zero-order valence-electron chi connectivity index (χ0n) is 14.3. The van der Waals surface area contributed by atoms with E-state index in [0.29, 0.717) is 41.2 Å². The third-order valence-electron chi connectivity index (χ3n) is 4.23. The van der Waals surface area contributed by atoms with Gasteiger partial charge in [0, 0.05) is 29.8 Å². The lowest BCUT2D eigenvalue weighted by atomic mass is 10.1. The van der Waals surface area contributed by atoms with Crippen molar-refractivity contribution in [3.8, 4) is 5.75 Å². The lowest BCUT2D eigenvalue weighted by Gasteiger charge is -2.20. The molecule has 1 aliphatic rings. The smallest absolute Gasteiger partial charge is 0.255 e. The second-order valence-corrected chi connectivity index (χ2v) is 5.93. The number of nitrogens with one attached hydrogen (secondary N) is 1. The monoisotopic (exact) mass is 353 g/mol. The van der Waals surface area contributed by atoms with Gasteiger partial charge in [0.1, 0.15) is 5.75 Å². The summed E-state index contributed by atoms with van der Waals surface area (Å²) in [4.78, 5) is 37.2. The summed E-state index contributed by atoms with van der Waals surface area (Å²) in [5.41, 5.74) is 7.10. The standard InChI is InChI=1S/C19H19N3O4/c1-26-16-9-8-14(11-15(16)22-10-2-3-17(22)23)21-19(25)13-6-4-12(5-7-13)18(20)24/h4-9,11H,2-3,10H2,1H3,(H2,20,24)(H,21,25). The summed E-state index contributed by atoms with van der Waals surface area (Å²) in [5, 5.41) is 2.79. The zero-order valence-corrected chi connectivity index (χ0v) is 14.3. The molecule has 0 aliphatic carbocycles. The molecule has 3 amide bonds. The van der Waals surface area contributed by atoms with Gasteiger partial charge in [0.15, 0.2) is 0 Å². The van der Waals surface area contributed by atoms with Gasteiger partial charge in [0.05, 0.1) is 12.8 Å². The summed E-state index contributed by atoms with van der Waals surface area (Å²) in [6, 6.07) is 11.2. The average molecular weight is 353 g/mol. The van der Waals surface area contributed by atoms with Crippen LogP contribution in [0.3, 0.4) is 0 Å². The number of carbonyl (C=O) groups is 3. The topological polar surface area (TPSA) is 102 Å². The fraction of sp³-hybridized carbons (Fsp3) is 0.211. The molecule has 0 atom stereocenters. The molecule has 3 N–H and O–H groups in total. The maximum atomic E-state index is 12.4. The van der Waals surface area contributed by atoms with Crippen LogP contribution in [0.5, 0.6) is 5.75 Å². The number of benzene rings is 2. The second kappa shape index (κ2) is 7.26. The van der Waals surface area contributed by atoms with Crippen molar-refractivity contribution in [2.45, 2.75) is 12.8 Å². The number of anilines is 2. The molecule has 0 saturated carbocycles. The Morgan fingerprint density at radius 3 is 2.38 bits per heavy atom. The van der Waals surface area contributed by atoms with E-state index in [-0.39, 0.29) is 11.8 Å². The minimum atomic E-state index is -0.549. The molecule has 7 nitrogen and oxygen atoms in total. The van der Waals surface area contributed by atoms with Gasteiger partial charge in [0.2, 0.25) is 11.8 Å². The summed E-state index contributed by atoms with van der Waals surface area (Å²) in [6.45, 7) is 0.626. The molecular formula is C19H19N3O4. The van der Waals surface area contributed by atoms with E-state index in [1.54, 1.807) is 23.1 Å². The number of hydrogen-bond donors (Lipinski definition) is 2. The first-order chi connectivity index (χ1) is 12.5. The zero-order chi connectivity index (χ0) is 18.7. The van der Waals surface area contributed by atoms with Gasteiger partial charge in [-0.05, 0) is 48.9 Å². The predicted molar refractivity (Wildman–Crippen MR) is 97.5 cm³/mol. The fourth-order valence-electron chi connectivity index (χ4n) is 2.87. The fourth-order valence-corrected chi connectivity index (χ4v) is 2.87. The molecule has 2 aromatic carbocycles. The van der Waals surface area contributed by atoms with E-state index >= 15 is 0 Å². The highest BCUT2D eigenvalue weighted by Crippen LogP contribution is 2.34. The number of ether oxygens (including phenoxy) is 1. The van der Waals surface area contributed by atoms with Crippen LogP contribution in [0, 0.1) is 0 Å². The molecule has 0 unspecified atom stereocenters. The third-order valence-corrected chi connectivity index (χ3v) is 4.23. The number of nitrogens with two attached hydrogens (primary N) is 1. The van der Waals surface area contributed by atoms with Gasteiger partial charge in [-0.15, -0.1) is 0 Å². The van der Waals surface area contributed by atoms with Crippen LogP contribution in [0.4, 0.5) is 11.4 Å². The number of nitrogens with zero attached hydrogens (tertiary/aromatic N) is 1. The first kappa shape index (κ1) is 17.5. The Balaban J connectivity index is 1.82. The SMILES string of the molecule is COc1ccc(NC(=O)c2ccc(C(N)=O)cc2)cc1N1CCCC1=O. The van der Waals surface area contributed by atoms with Gasteiger partial charge in [-0.1, -0.05) is 0 Å². The molecule has 1 fully saturated rings. The van der Waals surface area contributed by atoms with Gasteiger partial charge >= 0.3 is 0 Å². The van der Waals surface area contributed by atoms with Crippen LogP contribution in [-0.2, 0) is 4.79 Å². The number of primary amides is 1. The van der Waals surface area contributed by atoms with Gasteiger partial charge in [0.25, 0.3) is 5.91 Å². The normalized spacial score (nSPS) is 13.6. The highest BCUT2D eigenvalue weighted by molar-refractivity contribution is 6.06. The van der Waals surface area contributed by atoms with Gasteiger partial charge in [-0.3, -0.25) is 14.4 Å². The van der Waals surface area contributed by atoms with Crippen LogP contribution in [-0.4, -0.2) is 31.4 Å². The van der Waals surface area contributed by atoms with E-state index < -0.39 is 5.91 Å². The Morgan fingerprint density at radius 2 is 1.81 bits per heavy atom. The minimum absolute atomic E-state index is 0.0359. The summed E-state index contributed by atoms with van der Waals surface area (Å²) in [6.07, 6.45) is 1.30. The Hall–Kier alpha value is -3.35. The van der Waals surface area contributed by atoms with Crippen molar-refractivity contribution in [2.24, 2.45) is 5.73 Å². The lowest BCUT2D eigenvalue weighted by Crippen LogP contribution is -2.24. The molecule has 1 heterocycles. The molecule has 1 saturated heterocycles. The number of methoxy groups -OCH3 is 1. The van der Waals surface area contributed by atoms with Crippen molar-refractivity contribution in [3.63, 3.8) is 0 Å². The molecule has 0 radical (unpaired) electrons. The third kappa shape index (κ3) is 3.51. The average Bonchev–Trinajstić information content (AvgIpc) is 3.07. The highest BCUT2D eigenvalue weighted by Gasteiger charge is 2.25. The van der Waals surface area contributed by atoms with Crippen LogP contribution in [0.1, 0.15) is 33.6 Å². The van der Waals surface area contributed by atoms with Gasteiger partial charge in [-0.2, -0.15) is 0 Å². The Kier molecular flexibility index (Phi) is 4.88. The second-order valence-electron chi connectivity index (χ2n) is 5.93. The molecule has 3 rings (SSSR count). The predicted octanol–water partition coefficient (Wildman–Crippen LogP) is 2.17. The first-order valence-electron chi connectivity index (χ1n) is 8.19. The van der Waals surface area contributed by atoms with Crippen LogP contribution >= 0.6 is 0 Å². The van der Waals surface area contributed by atoms with Crippen LogP contribution in [0.15, 0.2) is 42.5 Å². The van der Waals surface area contributed by atoms with E-state index in [4.69, 9.17) is 10.5 Å². The Bertz CT molecular complexity index is 862. The molecule has 134 valence electrons. The van der Waals surface area contributed by atoms with E-state index in [1.807, 2.05) is 0 Å². The van der Waals surface area contributed by atoms with Crippen LogP contribution in [0.2, 0.25) is 0 Å². The van der Waals surface area contributed by atoms with Crippen molar-refractivity contribution in [2.75, 3.05) is 23.9 Å². The summed E-state index contributed by atoms with van der Waals surface area (Å²) < 4.78 is 5.34. The minimum Gasteiger partial charge on any atom is -0.495 e. The van der Waals surface area contributed by atoms with Gasteiger partial charge < -0.3 is 20.7 Å². The van der Waals surface area contributed by atoms with E-state index in [9.17, 15) is 14.4 Å². The number of hydrogen-bond acceptors (Lipinski definition) is 4. The molecular weight excluding hydrogens is 334 g/mol. The summed E-state index contributed by atoms with van der Waals surface area (Å²) >= 11 is 0. The highest BCUT2D eigenvalue weighted by atomic mass is 16.5. The molecule has 2 aromatic rings. The molecule has 0 aromatic heterocycles. The van der Waals surface area contributed by atoms with Gasteiger partial charge in [-0.25, -0.2) is 0 Å². The van der Waals surface area contributed by atoms with Crippen molar-refractivity contribution in [3.05, 3.63) is 53.6 Å². The van der Waals surface area contributed by atoms with E-state index in [1.165, 1.54) is 31.4 Å². The van der Waals surface area contributed by atoms with Crippen molar-refractivity contribution < 1.29 is 19.1 Å². The van der Waals surface area contributed by atoms with Crippen molar-refractivity contribution in [1.82, 2.24) is 0 Å². The maximum absolute atomic E-state index is 12.4. The maximum Gasteiger partial charge on any atom is 0.255 e. The number of carbonyl (C=O) groups excluding carboxylic acids is 3. The number of amides is 3. The van der Waals surface area contributed by atoms with E-state index in [0.717, 1.165) is 6.42 Å². The summed E-state index contributed by atoms with van der Waals surface area (Å²) in [7, 11) is 1.54. The van der Waals surface area contributed by atoms with E-state index in [2.05, 4.69) is 5.32 Å². The van der Waals surface area contributed by atoms with Crippen LogP contribution < -0.4 is 20.7 Å². The lowest BCUT2D eigenvalue weighted by molar-refractivity contribution is -0.117. The van der Waals surface area contributed by atoms with Crippen molar-refractivity contribution >= 4 is 29.1 Å². The van der Waals surface area contributed by atoms with Crippen molar-refractivity contribution in [1.29, 1.82) is 0 Å². The Morgan fingerprint density at radius 1 is 1.12 bits per heavy atom. The largest absolute Gasteiger partial charge is 0.495 e. The molecule has 7 heteroatoms. The Labute approximate surface area is 150 Å². The quantitative estimate of drug-likeness (QED) is 0.860. The molecule has 1 aliphatic heterocycles. The number of rotatable bonds is 5. The molecule has 0 spiro atoms. The first-order valence-corrected chi connectivity index (χ1v) is 8.19. The van der Waals surface area contributed by atoms with Crippen LogP contribution in [0.25, 0.3) is 0 Å². The molecule has 26 heavy (non-hydrogen) atoms. The molecule has 0 bridgehead atoms. The summed E-state index contributed by atoms with van der Waals surface area (Å²) in [5.74, 6) is -0.269.